The summed E-state index contributed by atoms with van der Waals surface area (Å²) in [6.45, 7) is 0. The van der Waals surface area contributed by atoms with Crippen LogP contribution in [0.3, 0.4) is 0 Å². The molecule has 0 atom stereocenters. The summed E-state index contributed by atoms with van der Waals surface area (Å²) in [5, 5.41) is 13.0. The summed E-state index contributed by atoms with van der Waals surface area (Å²) in [5.74, 6) is 0.762. The summed E-state index contributed by atoms with van der Waals surface area (Å²) in [6, 6.07) is 18.4. The second-order valence-corrected chi connectivity index (χ2v) is 5.14. The summed E-state index contributed by atoms with van der Waals surface area (Å²) in [7, 11) is 1.64. The van der Waals surface area contributed by atoms with Gasteiger partial charge in [0, 0.05) is 12.8 Å². The number of hydrogen-bond donors (Lipinski definition) is 1. The third-order valence-electron chi connectivity index (χ3n) is 3.80. The van der Waals surface area contributed by atoms with Crippen LogP contribution >= 0.6 is 0 Å². The summed E-state index contributed by atoms with van der Waals surface area (Å²) in [6.07, 6.45) is 1.44. The van der Waals surface area contributed by atoms with Gasteiger partial charge >= 0.3 is 0 Å². The second-order valence-electron chi connectivity index (χ2n) is 5.14. The van der Waals surface area contributed by atoms with E-state index in [2.05, 4.69) is 23.5 Å². The standard InChI is InChI=1S/C17H16N2O/c1-20-16-9-5-4-8-15(16)19-17(12-18)10-13-6-2-3-7-14(13)11-17/h2-9,19H,10-11H2,1H3. The lowest BCUT2D eigenvalue weighted by Crippen LogP contribution is -2.37. The molecule has 2 aromatic rings. The van der Waals surface area contributed by atoms with Gasteiger partial charge in [-0.05, 0) is 23.3 Å². The van der Waals surface area contributed by atoms with E-state index < -0.39 is 5.54 Å². The number of nitrogens with zero attached hydrogens (tertiary/aromatic N) is 1. The Bertz CT molecular complexity index is 648. The van der Waals surface area contributed by atoms with Crippen LogP contribution in [0, 0.1) is 11.3 Å². The maximum absolute atomic E-state index is 9.66. The third-order valence-corrected chi connectivity index (χ3v) is 3.80. The fraction of sp³-hybridized carbons (Fsp3) is 0.235. The van der Waals surface area contributed by atoms with Gasteiger partial charge in [-0.1, -0.05) is 36.4 Å². The van der Waals surface area contributed by atoms with Crippen molar-refractivity contribution >= 4 is 5.69 Å². The number of hydrogen-bond acceptors (Lipinski definition) is 3. The zero-order chi connectivity index (χ0) is 14.0. The molecule has 1 aliphatic rings. The van der Waals surface area contributed by atoms with E-state index in [4.69, 9.17) is 4.74 Å². The number of benzene rings is 2. The van der Waals surface area contributed by atoms with Gasteiger partial charge in [0.25, 0.3) is 0 Å². The number of rotatable bonds is 3. The van der Waals surface area contributed by atoms with Gasteiger partial charge in [0.2, 0.25) is 0 Å². The zero-order valence-corrected chi connectivity index (χ0v) is 11.4. The first kappa shape index (κ1) is 12.6. The molecular weight excluding hydrogens is 248 g/mol. The number of fused-ring (bicyclic) bond motifs is 1. The fourth-order valence-electron chi connectivity index (χ4n) is 2.82. The van der Waals surface area contributed by atoms with Crippen LogP contribution in [-0.2, 0) is 12.8 Å². The molecule has 3 nitrogen and oxygen atoms in total. The number of anilines is 1. The van der Waals surface area contributed by atoms with E-state index in [1.54, 1.807) is 7.11 Å². The zero-order valence-electron chi connectivity index (χ0n) is 11.4. The van der Waals surface area contributed by atoms with E-state index in [9.17, 15) is 5.26 Å². The van der Waals surface area contributed by atoms with E-state index in [-0.39, 0.29) is 0 Å². The molecule has 0 spiro atoms. The highest BCUT2D eigenvalue weighted by Gasteiger charge is 2.37. The monoisotopic (exact) mass is 264 g/mol. The van der Waals surface area contributed by atoms with Gasteiger partial charge in [0.15, 0.2) is 0 Å². The van der Waals surface area contributed by atoms with E-state index in [1.165, 1.54) is 11.1 Å². The van der Waals surface area contributed by atoms with Crippen LogP contribution in [0.25, 0.3) is 0 Å². The molecule has 0 heterocycles. The molecule has 3 heteroatoms. The fourth-order valence-corrected chi connectivity index (χ4v) is 2.82. The van der Waals surface area contributed by atoms with Crippen LogP contribution in [-0.4, -0.2) is 12.6 Å². The van der Waals surface area contributed by atoms with Crippen molar-refractivity contribution in [1.29, 1.82) is 5.26 Å². The average molecular weight is 264 g/mol. The molecule has 0 amide bonds. The minimum Gasteiger partial charge on any atom is -0.495 e. The normalized spacial score (nSPS) is 15.2. The number of nitrogens with one attached hydrogen (secondary N) is 1. The first-order valence-electron chi connectivity index (χ1n) is 6.65. The largest absolute Gasteiger partial charge is 0.495 e. The molecule has 0 saturated heterocycles. The quantitative estimate of drug-likeness (QED) is 0.926. The Labute approximate surface area is 118 Å². The second kappa shape index (κ2) is 4.90. The lowest BCUT2D eigenvalue weighted by atomic mass is 9.97. The summed E-state index contributed by atoms with van der Waals surface area (Å²) >= 11 is 0. The minimum absolute atomic E-state index is 0.585. The SMILES string of the molecule is COc1ccccc1NC1(C#N)Cc2ccccc2C1. The molecule has 0 fully saturated rings. The molecule has 3 rings (SSSR count). The average Bonchev–Trinajstić information content (AvgIpc) is 2.86. The summed E-state index contributed by atoms with van der Waals surface area (Å²) in [5.41, 5.74) is 2.77. The molecule has 0 aliphatic heterocycles. The molecule has 0 aromatic heterocycles. The summed E-state index contributed by atoms with van der Waals surface area (Å²) < 4.78 is 5.35. The molecule has 100 valence electrons. The Kier molecular flexibility index (Phi) is 3.08. The molecule has 0 radical (unpaired) electrons. The number of ether oxygens (including phenoxy) is 1. The van der Waals surface area contributed by atoms with Crippen molar-refractivity contribution < 1.29 is 4.74 Å². The van der Waals surface area contributed by atoms with Crippen molar-refractivity contribution in [2.24, 2.45) is 0 Å². The number of nitriles is 1. The maximum atomic E-state index is 9.66. The molecule has 0 unspecified atom stereocenters. The highest BCUT2D eigenvalue weighted by molar-refractivity contribution is 5.60. The predicted octanol–water partition coefficient (Wildman–Crippen LogP) is 3.17. The lowest BCUT2D eigenvalue weighted by molar-refractivity contribution is 0.415. The van der Waals surface area contributed by atoms with E-state index in [1.807, 2.05) is 36.4 Å². The Balaban J connectivity index is 1.92. The third kappa shape index (κ3) is 2.10. The molecule has 0 bridgehead atoms. The van der Waals surface area contributed by atoms with E-state index in [0.29, 0.717) is 0 Å². The highest BCUT2D eigenvalue weighted by Crippen LogP contribution is 2.35. The Morgan fingerprint density at radius 2 is 1.65 bits per heavy atom. The van der Waals surface area contributed by atoms with Crippen molar-refractivity contribution in [1.82, 2.24) is 0 Å². The Morgan fingerprint density at radius 1 is 1.05 bits per heavy atom. The number of methoxy groups -OCH3 is 1. The first-order valence-corrected chi connectivity index (χ1v) is 6.65. The van der Waals surface area contributed by atoms with Gasteiger partial charge < -0.3 is 10.1 Å². The van der Waals surface area contributed by atoms with E-state index in [0.717, 1.165) is 24.3 Å². The molecule has 2 aromatic carbocycles. The summed E-state index contributed by atoms with van der Waals surface area (Å²) in [4.78, 5) is 0. The lowest BCUT2D eigenvalue weighted by Gasteiger charge is -2.24. The van der Waals surface area contributed by atoms with Gasteiger partial charge in [0.05, 0.1) is 18.9 Å². The van der Waals surface area contributed by atoms with Crippen molar-refractivity contribution in [3.63, 3.8) is 0 Å². The van der Waals surface area contributed by atoms with Gasteiger partial charge in [0.1, 0.15) is 11.3 Å². The number of para-hydroxylation sites is 2. The molecule has 0 saturated carbocycles. The van der Waals surface area contributed by atoms with Crippen LogP contribution in [0.4, 0.5) is 5.69 Å². The van der Waals surface area contributed by atoms with Crippen molar-refractivity contribution in [3.8, 4) is 11.8 Å². The van der Waals surface area contributed by atoms with Gasteiger partial charge in [-0.15, -0.1) is 0 Å². The van der Waals surface area contributed by atoms with Crippen molar-refractivity contribution in [2.45, 2.75) is 18.4 Å². The molecule has 20 heavy (non-hydrogen) atoms. The molecule has 1 N–H and O–H groups in total. The topological polar surface area (TPSA) is 45.0 Å². The Morgan fingerprint density at radius 3 is 2.25 bits per heavy atom. The Hall–Kier alpha value is -2.47. The van der Waals surface area contributed by atoms with Crippen LogP contribution in [0.2, 0.25) is 0 Å². The van der Waals surface area contributed by atoms with Crippen molar-refractivity contribution in [3.05, 3.63) is 59.7 Å². The van der Waals surface area contributed by atoms with Gasteiger partial charge in [-0.3, -0.25) is 0 Å². The minimum atomic E-state index is -0.585. The molecule has 1 aliphatic carbocycles. The highest BCUT2D eigenvalue weighted by atomic mass is 16.5. The van der Waals surface area contributed by atoms with Crippen LogP contribution < -0.4 is 10.1 Å². The predicted molar refractivity (Wildman–Crippen MR) is 78.8 cm³/mol. The van der Waals surface area contributed by atoms with Crippen LogP contribution in [0.5, 0.6) is 5.75 Å². The molecular formula is C17H16N2O. The van der Waals surface area contributed by atoms with Crippen molar-refractivity contribution in [2.75, 3.05) is 12.4 Å². The smallest absolute Gasteiger partial charge is 0.141 e. The van der Waals surface area contributed by atoms with Gasteiger partial charge in [-0.2, -0.15) is 5.26 Å². The van der Waals surface area contributed by atoms with E-state index >= 15 is 0 Å². The van der Waals surface area contributed by atoms with Gasteiger partial charge in [-0.25, -0.2) is 0 Å². The van der Waals surface area contributed by atoms with Crippen LogP contribution in [0.1, 0.15) is 11.1 Å². The maximum Gasteiger partial charge on any atom is 0.141 e. The first-order chi connectivity index (χ1) is 9.76. The van der Waals surface area contributed by atoms with Crippen LogP contribution in [0.15, 0.2) is 48.5 Å².